The molecule has 2 saturated carbocycles. The maximum absolute atomic E-state index is 12.5. The van der Waals surface area contributed by atoms with Crippen LogP contribution in [0.3, 0.4) is 0 Å². The molecule has 3 aliphatic carbocycles. The molecule has 0 unspecified atom stereocenters. The van der Waals surface area contributed by atoms with Crippen molar-refractivity contribution in [2.45, 2.75) is 72.1 Å². The van der Waals surface area contributed by atoms with Gasteiger partial charge in [-0.15, -0.1) is 0 Å². The zero-order valence-electron chi connectivity index (χ0n) is 18.1. The topological polar surface area (TPSA) is 17.1 Å². The summed E-state index contributed by atoms with van der Waals surface area (Å²) in [6.07, 6.45) is 6.78. The third-order valence-corrected chi connectivity index (χ3v) is 11.7. The minimum absolute atomic E-state index is 0.00934. The molecule has 0 spiro atoms. The van der Waals surface area contributed by atoms with Gasteiger partial charge in [-0.2, -0.15) is 0 Å². The summed E-state index contributed by atoms with van der Waals surface area (Å²) in [4.78, 5) is 12.5. The first-order valence-corrected chi connectivity index (χ1v) is 13.4. The standard InChI is InChI=1S/C27H32IO/c1-16-13-17(2)26(18(3)14-16)28-20-6-8-21-19(15-20)5-7-23-22(21)11-12-27(4)24(23)9-10-25(27)29/h6,8,13-15,22-24H,5,7,9-12H2,1-4H3/q+1/t22-,23-,24+,27+/m1/s1. The highest BCUT2D eigenvalue weighted by atomic mass is 127. The molecule has 5 rings (SSSR count). The number of ketones is 1. The van der Waals surface area contributed by atoms with Crippen LogP contribution in [0.25, 0.3) is 0 Å². The highest BCUT2D eigenvalue weighted by Gasteiger charge is 2.54. The van der Waals surface area contributed by atoms with Gasteiger partial charge in [0.1, 0.15) is 5.78 Å². The van der Waals surface area contributed by atoms with Gasteiger partial charge in [0, 0.05) is 23.0 Å². The molecule has 0 heterocycles. The summed E-state index contributed by atoms with van der Waals surface area (Å²) in [5.74, 6) is 2.61. The maximum atomic E-state index is 12.5. The van der Waals surface area contributed by atoms with E-state index in [2.05, 4.69) is 58.0 Å². The van der Waals surface area contributed by atoms with Gasteiger partial charge < -0.3 is 0 Å². The highest BCUT2D eigenvalue weighted by Crippen LogP contribution is 2.59. The smallest absolute Gasteiger partial charge is 0.299 e. The van der Waals surface area contributed by atoms with Gasteiger partial charge in [0.05, 0.1) is 0 Å². The average molecular weight is 499 g/mol. The van der Waals surface area contributed by atoms with E-state index in [0.29, 0.717) is 17.6 Å². The molecule has 2 fully saturated rings. The van der Waals surface area contributed by atoms with E-state index in [9.17, 15) is 4.79 Å². The van der Waals surface area contributed by atoms with Crippen molar-refractivity contribution in [1.82, 2.24) is 0 Å². The van der Waals surface area contributed by atoms with Crippen LogP contribution in [0.4, 0.5) is 0 Å². The first-order chi connectivity index (χ1) is 13.9. The Morgan fingerprint density at radius 2 is 1.72 bits per heavy atom. The van der Waals surface area contributed by atoms with E-state index in [1.54, 1.807) is 18.3 Å². The van der Waals surface area contributed by atoms with Crippen molar-refractivity contribution >= 4 is 5.78 Å². The summed E-state index contributed by atoms with van der Waals surface area (Å²) in [5.41, 5.74) is 7.52. The number of rotatable bonds is 2. The Balaban J connectivity index is 1.43. The van der Waals surface area contributed by atoms with Gasteiger partial charge in [-0.3, -0.25) is 4.79 Å². The molecule has 0 aliphatic heterocycles. The van der Waals surface area contributed by atoms with Crippen LogP contribution in [-0.2, 0) is 11.2 Å². The molecule has 2 heteroatoms. The third kappa shape index (κ3) is 3.21. The molecule has 0 amide bonds. The molecule has 1 nitrogen and oxygen atoms in total. The quantitative estimate of drug-likeness (QED) is 0.581. The zero-order valence-corrected chi connectivity index (χ0v) is 20.3. The minimum Gasteiger partial charge on any atom is -0.299 e. The fourth-order valence-corrected chi connectivity index (χ4v) is 9.48. The molecule has 29 heavy (non-hydrogen) atoms. The van der Waals surface area contributed by atoms with Crippen LogP contribution in [0.15, 0.2) is 30.3 Å². The maximum Gasteiger partial charge on any atom is 0.358 e. The van der Waals surface area contributed by atoms with Crippen molar-refractivity contribution in [2.75, 3.05) is 0 Å². The Kier molecular flexibility index (Phi) is 4.92. The van der Waals surface area contributed by atoms with E-state index in [-0.39, 0.29) is 26.6 Å². The van der Waals surface area contributed by atoms with Crippen molar-refractivity contribution in [3.63, 3.8) is 0 Å². The Morgan fingerprint density at radius 1 is 0.966 bits per heavy atom. The lowest BCUT2D eigenvalue weighted by molar-refractivity contribution is -0.598. The fraction of sp³-hybridized carbons (Fsp3) is 0.519. The summed E-state index contributed by atoms with van der Waals surface area (Å²) in [6, 6.07) is 12.1. The summed E-state index contributed by atoms with van der Waals surface area (Å²) in [5, 5.41) is 0. The number of carbonyl (C=O) groups is 1. The van der Waals surface area contributed by atoms with Crippen LogP contribution in [0, 0.1) is 45.2 Å². The summed E-state index contributed by atoms with van der Waals surface area (Å²) in [7, 11) is 0. The molecule has 3 aliphatic rings. The molecule has 2 aromatic carbocycles. The van der Waals surface area contributed by atoms with Crippen LogP contribution in [0.2, 0.25) is 0 Å². The second-order valence-corrected chi connectivity index (χ2v) is 12.8. The van der Waals surface area contributed by atoms with E-state index in [1.165, 1.54) is 36.0 Å². The van der Waals surface area contributed by atoms with Gasteiger partial charge in [0.25, 0.3) is 0 Å². The number of fused-ring (bicyclic) bond motifs is 5. The number of hydrogen-bond acceptors (Lipinski definition) is 1. The normalized spacial score (nSPS) is 30.6. The molecule has 0 N–H and O–H groups in total. The second-order valence-electron chi connectivity index (χ2n) is 9.98. The number of benzene rings is 2. The molecule has 0 radical (unpaired) electrons. The summed E-state index contributed by atoms with van der Waals surface area (Å²) < 4.78 is 3.16. The van der Waals surface area contributed by atoms with Crippen LogP contribution < -0.4 is 21.2 Å². The summed E-state index contributed by atoms with van der Waals surface area (Å²) in [6.45, 7) is 9.03. The van der Waals surface area contributed by atoms with Gasteiger partial charge in [-0.05, 0) is 93.9 Å². The van der Waals surface area contributed by atoms with Crippen LogP contribution in [-0.4, -0.2) is 5.78 Å². The SMILES string of the molecule is Cc1cc(C)c([I+]c2ccc3c(c2)CC[C@@H]2[C@@H]3CC[C@]3(C)C(=O)CC[C@@H]23)c(C)c1. The Bertz CT molecular complexity index is 967. The monoisotopic (exact) mass is 499 g/mol. The molecule has 4 atom stereocenters. The van der Waals surface area contributed by atoms with Crippen molar-refractivity contribution in [2.24, 2.45) is 17.3 Å². The van der Waals surface area contributed by atoms with Crippen molar-refractivity contribution < 1.29 is 26.0 Å². The van der Waals surface area contributed by atoms with E-state index in [0.717, 1.165) is 25.2 Å². The van der Waals surface area contributed by atoms with E-state index < -0.39 is 0 Å². The lowest BCUT2D eigenvalue weighted by Gasteiger charge is -2.48. The molecule has 152 valence electrons. The fourth-order valence-electron chi connectivity index (χ4n) is 6.80. The summed E-state index contributed by atoms with van der Waals surface area (Å²) >= 11 is -0.133. The van der Waals surface area contributed by atoms with E-state index in [1.807, 2.05) is 0 Å². The Labute approximate surface area is 185 Å². The highest BCUT2D eigenvalue weighted by molar-refractivity contribution is 5.87. The molecular formula is C27H32IO+. The van der Waals surface area contributed by atoms with Crippen molar-refractivity contribution in [1.29, 1.82) is 0 Å². The Morgan fingerprint density at radius 3 is 2.48 bits per heavy atom. The van der Waals surface area contributed by atoms with Crippen LogP contribution in [0.5, 0.6) is 0 Å². The number of halogens is 1. The molecule has 0 bridgehead atoms. The van der Waals surface area contributed by atoms with Crippen LogP contribution in [0.1, 0.15) is 72.8 Å². The molecular weight excluding hydrogens is 467 g/mol. The van der Waals surface area contributed by atoms with Gasteiger partial charge >= 0.3 is 21.2 Å². The lowest BCUT2D eigenvalue weighted by Crippen LogP contribution is -3.62. The molecule has 0 aromatic heterocycles. The molecule has 0 saturated heterocycles. The van der Waals surface area contributed by atoms with Gasteiger partial charge in [-0.25, -0.2) is 0 Å². The third-order valence-electron chi connectivity index (χ3n) is 8.18. The average Bonchev–Trinajstić information content (AvgIpc) is 2.99. The van der Waals surface area contributed by atoms with E-state index in [4.69, 9.17) is 0 Å². The molecule has 2 aromatic rings. The second kappa shape index (κ2) is 7.21. The number of Topliss-reactive ketones (excluding diaryl/α,β-unsaturated/α-hetero) is 1. The number of carbonyl (C=O) groups excluding carboxylic acids is 1. The Hall–Kier alpha value is -1.16. The van der Waals surface area contributed by atoms with E-state index >= 15 is 0 Å². The first kappa shape index (κ1) is 19.8. The van der Waals surface area contributed by atoms with Crippen molar-refractivity contribution in [3.8, 4) is 0 Å². The van der Waals surface area contributed by atoms with Gasteiger partial charge in [-0.1, -0.05) is 30.7 Å². The van der Waals surface area contributed by atoms with Crippen molar-refractivity contribution in [3.05, 3.63) is 65.3 Å². The zero-order chi connectivity index (χ0) is 20.3. The number of hydrogen-bond donors (Lipinski definition) is 0. The van der Waals surface area contributed by atoms with Gasteiger partial charge in [0.2, 0.25) is 0 Å². The number of aryl methyl sites for hydroxylation is 4. The van der Waals surface area contributed by atoms with Crippen LogP contribution >= 0.6 is 0 Å². The largest absolute Gasteiger partial charge is 0.358 e. The first-order valence-electron chi connectivity index (χ1n) is 11.3. The van der Waals surface area contributed by atoms with Gasteiger partial charge in [0.15, 0.2) is 7.14 Å². The predicted octanol–water partition coefficient (Wildman–Crippen LogP) is 3.17. The minimum atomic E-state index is -0.133. The predicted molar refractivity (Wildman–Crippen MR) is 114 cm³/mol. The lowest BCUT2D eigenvalue weighted by atomic mass is 9.55.